The molecular weight excluding hydrogens is 400 g/mol. The van der Waals surface area contributed by atoms with E-state index in [1.807, 2.05) is 30.3 Å². The Labute approximate surface area is 185 Å². The Balaban J connectivity index is 2.47. The number of ether oxygens (including phenoxy) is 3. The Morgan fingerprint density at radius 2 is 1.39 bits per heavy atom. The van der Waals surface area contributed by atoms with E-state index in [-0.39, 0.29) is 19.7 Å². The molecule has 1 aromatic carbocycles. The van der Waals surface area contributed by atoms with Gasteiger partial charge in [0, 0.05) is 13.1 Å². The third-order valence-corrected chi connectivity index (χ3v) is 3.68. The van der Waals surface area contributed by atoms with Crippen molar-refractivity contribution in [1.29, 1.82) is 0 Å². The molecule has 8 nitrogen and oxygen atoms in total. The molecule has 0 atom stereocenters. The lowest BCUT2D eigenvalue weighted by atomic mass is 10.2. The third kappa shape index (κ3) is 14.1. The van der Waals surface area contributed by atoms with Crippen molar-refractivity contribution in [1.82, 2.24) is 10.2 Å². The lowest BCUT2D eigenvalue weighted by molar-refractivity contribution is -0.159. The van der Waals surface area contributed by atoms with Crippen LogP contribution in [0.1, 0.15) is 53.5 Å². The molecule has 0 spiro atoms. The van der Waals surface area contributed by atoms with E-state index in [4.69, 9.17) is 14.2 Å². The summed E-state index contributed by atoms with van der Waals surface area (Å²) >= 11 is 0. The molecule has 0 saturated heterocycles. The molecule has 0 radical (unpaired) electrons. The summed E-state index contributed by atoms with van der Waals surface area (Å²) in [5.74, 6) is -0.849. The van der Waals surface area contributed by atoms with Gasteiger partial charge in [0.25, 0.3) is 0 Å². The Kier molecular flexibility index (Phi) is 10.5. The molecule has 31 heavy (non-hydrogen) atoms. The van der Waals surface area contributed by atoms with Gasteiger partial charge in [-0.3, -0.25) is 14.5 Å². The Bertz CT molecular complexity index is 677. The van der Waals surface area contributed by atoms with Gasteiger partial charge >= 0.3 is 18.0 Å². The minimum Gasteiger partial charge on any atom is -0.459 e. The van der Waals surface area contributed by atoms with Crippen LogP contribution in [0.15, 0.2) is 30.3 Å². The molecule has 1 rings (SSSR count). The molecule has 0 aromatic heterocycles. The second-order valence-corrected chi connectivity index (χ2v) is 9.23. The highest BCUT2D eigenvalue weighted by Gasteiger charge is 2.23. The standard InChI is InChI=1S/C23H36N2O6/c1-22(2,3)30-19(26)15-25(16-20(27)31-23(4,5)6)14-10-13-24-21(28)29-17-18-11-8-7-9-12-18/h7-9,11-12H,10,13-17H2,1-6H3,(H,24,28). The van der Waals surface area contributed by atoms with E-state index in [9.17, 15) is 14.4 Å². The summed E-state index contributed by atoms with van der Waals surface area (Å²) in [4.78, 5) is 37.9. The van der Waals surface area contributed by atoms with Crippen LogP contribution >= 0.6 is 0 Å². The second-order valence-electron chi connectivity index (χ2n) is 9.23. The van der Waals surface area contributed by atoms with E-state index >= 15 is 0 Å². The summed E-state index contributed by atoms with van der Waals surface area (Å²) in [6, 6.07) is 9.39. The predicted octanol–water partition coefficient (Wildman–Crippen LogP) is 3.29. The van der Waals surface area contributed by atoms with Crippen molar-refractivity contribution < 1.29 is 28.6 Å². The molecule has 0 aliphatic heterocycles. The van der Waals surface area contributed by atoms with E-state index in [1.54, 1.807) is 46.4 Å². The van der Waals surface area contributed by atoms with Crippen molar-refractivity contribution in [2.24, 2.45) is 0 Å². The lowest BCUT2D eigenvalue weighted by Crippen LogP contribution is -2.41. The average molecular weight is 437 g/mol. The van der Waals surface area contributed by atoms with E-state index in [2.05, 4.69) is 5.32 Å². The van der Waals surface area contributed by atoms with Crippen LogP contribution in [0.5, 0.6) is 0 Å². The smallest absolute Gasteiger partial charge is 0.407 e. The molecular formula is C23H36N2O6. The van der Waals surface area contributed by atoms with Gasteiger partial charge in [-0.1, -0.05) is 30.3 Å². The average Bonchev–Trinajstić information content (AvgIpc) is 2.61. The van der Waals surface area contributed by atoms with Crippen molar-refractivity contribution in [3.8, 4) is 0 Å². The molecule has 0 aliphatic rings. The lowest BCUT2D eigenvalue weighted by Gasteiger charge is -2.26. The van der Waals surface area contributed by atoms with Crippen LogP contribution in [0.25, 0.3) is 0 Å². The van der Waals surface area contributed by atoms with E-state index in [0.29, 0.717) is 19.5 Å². The first kappa shape index (κ1) is 26.4. The largest absolute Gasteiger partial charge is 0.459 e. The summed E-state index contributed by atoms with van der Waals surface area (Å²) in [5, 5.41) is 2.67. The number of hydrogen-bond donors (Lipinski definition) is 1. The minimum atomic E-state index is -0.612. The summed E-state index contributed by atoms with van der Waals surface area (Å²) in [7, 11) is 0. The number of hydrogen-bond acceptors (Lipinski definition) is 7. The first-order valence-electron chi connectivity index (χ1n) is 10.4. The van der Waals surface area contributed by atoms with Gasteiger partial charge in [0.2, 0.25) is 0 Å². The zero-order valence-corrected chi connectivity index (χ0v) is 19.5. The fourth-order valence-electron chi connectivity index (χ4n) is 2.59. The van der Waals surface area contributed by atoms with Crippen molar-refractivity contribution in [2.75, 3.05) is 26.2 Å². The number of carbonyl (C=O) groups excluding carboxylic acids is 3. The highest BCUT2D eigenvalue weighted by molar-refractivity contribution is 5.75. The van der Waals surface area contributed by atoms with Gasteiger partial charge in [0.15, 0.2) is 0 Å². The van der Waals surface area contributed by atoms with E-state index in [1.165, 1.54) is 0 Å². The first-order chi connectivity index (χ1) is 14.3. The maximum absolute atomic E-state index is 12.2. The quantitative estimate of drug-likeness (QED) is 0.342. The Hall–Kier alpha value is -2.61. The number of nitrogens with one attached hydrogen (secondary N) is 1. The van der Waals surface area contributed by atoms with E-state index in [0.717, 1.165) is 5.56 Å². The number of alkyl carbamates (subject to hydrolysis) is 1. The minimum absolute atomic E-state index is 0.0467. The highest BCUT2D eigenvalue weighted by atomic mass is 16.6. The maximum Gasteiger partial charge on any atom is 0.407 e. The van der Waals surface area contributed by atoms with Crippen molar-refractivity contribution >= 4 is 18.0 Å². The van der Waals surface area contributed by atoms with Gasteiger partial charge in [-0.2, -0.15) is 0 Å². The first-order valence-corrected chi connectivity index (χ1v) is 10.4. The van der Waals surface area contributed by atoms with Crippen LogP contribution in [0.2, 0.25) is 0 Å². The van der Waals surface area contributed by atoms with E-state index < -0.39 is 29.2 Å². The molecule has 0 fully saturated rings. The van der Waals surface area contributed by atoms with Gasteiger partial charge in [0.1, 0.15) is 17.8 Å². The Morgan fingerprint density at radius 3 is 1.87 bits per heavy atom. The Morgan fingerprint density at radius 1 is 0.871 bits per heavy atom. The summed E-state index contributed by atoms with van der Waals surface area (Å²) in [5.41, 5.74) is -0.323. The molecule has 8 heteroatoms. The topological polar surface area (TPSA) is 94.2 Å². The van der Waals surface area contributed by atoms with Gasteiger partial charge in [0.05, 0.1) is 13.1 Å². The predicted molar refractivity (Wildman–Crippen MR) is 117 cm³/mol. The number of carbonyl (C=O) groups is 3. The van der Waals surface area contributed by atoms with Gasteiger partial charge in [-0.15, -0.1) is 0 Å². The number of benzene rings is 1. The van der Waals surface area contributed by atoms with Crippen molar-refractivity contribution in [2.45, 2.75) is 65.8 Å². The molecule has 0 saturated carbocycles. The van der Waals surface area contributed by atoms with Gasteiger partial charge in [-0.05, 0) is 53.5 Å². The zero-order chi connectivity index (χ0) is 23.5. The van der Waals surface area contributed by atoms with Crippen LogP contribution in [0, 0.1) is 0 Å². The summed E-state index contributed by atoms with van der Waals surface area (Å²) in [6.07, 6.45) is 0.00107. The SMILES string of the molecule is CC(C)(C)OC(=O)CN(CCCNC(=O)OCc1ccccc1)CC(=O)OC(C)(C)C. The summed E-state index contributed by atoms with van der Waals surface area (Å²) < 4.78 is 15.9. The number of nitrogens with zero attached hydrogens (tertiary/aromatic N) is 1. The van der Waals surface area contributed by atoms with Crippen LogP contribution in [-0.2, 0) is 30.4 Å². The monoisotopic (exact) mass is 436 g/mol. The van der Waals surface area contributed by atoms with Crippen LogP contribution in [-0.4, -0.2) is 60.3 Å². The molecule has 0 aliphatic carbocycles. The highest BCUT2D eigenvalue weighted by Crippen LogP contribution is 2.10. The maximum atomic E-state index is 12.2. The third-order valence-electron chi connectivity index (χ3n) is 3.68. The normalized spacial score (nSPS) is 11.7. The van der Waals surface area contributed by atoms with Gasteiger partial charge in [-0.25, -0.2) is 4.79 Å². The van der Waals surface area contributed by atoms with Crippen LogP contribution in [0.3, 0.4) is 0 Å². The van der Waals surface area contributed by atoms with Crippen molar-refractivity contribution in [3.63, 3.8) is 0 Å². The molecule has 0 bridgehead atoms. The van der Waals surface area contributed by atoms with Crippen molar-refractivity contribution in [3.05, 3.63) is 35.9 Å². The zero-order valence-electron chi connectivity index (χ0n) is 19.5. The van der Waals surface area contributed by atoms with Crippen LogP contribution < -0.4 is 5.32 Å². The number of amides is 1. The molecule has 0 unspecified atom stereocenters. The molecule has 174 valence electrons. The summed E-state index contributed by atoms with van der Waals surface area (Å²) in [6.45, 7) is 11.6. The fourth-order valence-corrected chi connectivity index (χ4v) is 2.59. The van der Waals surface area contributed by atoms with Gasteiger partial charge < -0.3 is 19.5 Å². The molecule has 1 aromatic rings. The number of esters is 2. The fraction of sp³-hybridized carbons (Fsp3) is 0.609. The molecule has 1 amide bonds. The molecule has 0 heterocycles. The molecule has 1 N–H and O–H groups in total. The van der Waals surface area contributed by atoms with Crippen LogP contribution in [0.4, 0.5) is 4.79 Å². The number of rotatable bonds is 10. The second kappa shape index (κ2) is 12.3.